The molecule has 0 saturated carbocycles. The summed E-state index contributed by atoms with van der Waals surface area (Å²) in [4.78, 5) is 14.6. The molecule has 106 valence electrons. The van der Waals surface area contributed by atoms with Crippen LogP contribution >= 0.6 is 0 Å². The highest BCUT2D eigenvalue weighted by molar-refractivity contribution is 5.96. The Morgan fingerprint density at radius 3 is 2.80 bits per heavy atom. The minimum absolute atomic E-state index is 0.0898. The Morgan fingerprint density at radius 1 is 1.45 bits per heavy atom. The summed E-state index contributed by atoms with van der Waals surface area (Å²) < 4.78 is 0. The number of carbonyl (C=O) groups is 1. The number of aliphatic hydroxyl groups is 1. The lowest BCUT2D eigenvalue weighted by Crippen LogP contribution is -2.34. The van der Waals surface area contributed by atoms with Crippen molar-refractivity contribution in [2.75, 3.05) is 13.2 Å². The van der Waals surface area contributed by atoms with Gasteiger partial charge in [0.1, 0.15) is 6.61 Å². The molecule has 1 aromatic rings. The maximum absolute atomic E-state index is 12.7. The van der Waals surface area contributed by atoms with Crippen LogP contribution in [0.5, 0.6) is 0 Å². The fourth-order valence-corrected chi connectivity index (χ4v) is 2.88. The Kier molecular flexibility index (Phi) is 4.46. The van der Waals surface area contributed by atoms with Crippen molar-refractivity contribution in [1.29, 1.82) is 0 Å². The first-order valence-electron chi connectivity index (χ1n) is 7.05. The van der Waals surface area contributed by atoms with E-state index >= 15 is 0 Å². The number of nitrogens with zero attached hydrogens (tertiary/aromatic N) is 1. The number of benzene rings is 1. The van der Waals surface area contributed by atoms with Crippen molar-refractivity contribution in [3.63, 3.8) is 0 Å². The van der Waals surface area contributed by atoms with Crippen molar-refractivity contribution in [3.05, 3.63) is 34.9 Å². The number of likely N-dealkylation sites (tertiary alicyclic amines) is 1. The van der Waals surface area contributed by atoms with Crippen molar-refractivity contribution in [1.82, 2.24) is 4.90 Å². The van der Waals surface area contributed by atoms with Crippen LogP contribution in [0.3, 0.4) is 0 Å². The molecular formula is C17H21NO2. The summed E-state index contributed by atoms with van der Waals surface area (Å²) in [7, 11) is 0. The van der Waals surface area contributed by atoms with Gasteiger partial charge in [-0.2, -0.15) is 0 Å². The van der Waals surface area contributed by atoms with E-state index in [4.69, 9.17) is 5.11 Å². The van der Waals surface area contributed by atoms with E-state index in [2.05, 4.69) is 25.7 Å². The molecule has 3 heteroatoms. The molecule has 0 spiro atoms. The topological polar surface area (TPSA) is 40.5 Å². The van der Waals surface area contributed by atoms with Crippen molar-refractivity contribution in [2.45, 2.75) is 33.2 Å². The molecular weight excluding hydrogens is 250 g/mol. The Labute approximate surface area is 120 Å². The lowest BCUT2D eigenvalue weighted by Gasteiger charge is -2.22. The average molecular weight is 271 g/mol. The monoisotopic (exact) mass is 271 g/mol. The Morgan fingerprint density at radius 2 is 2.20 bits per heavy atom. The standard InChI is InChI=1S/C17H21NO2/c1-12-10-13(2)18(11-12)17(20)16-8-4-6-15(14(16)3)7-5-9-19/h4,6,8,12-13,19H,9-11H2,1-3H3. The number of hydrogen-bond donors (Lipinski definition) is 1. The predicted octanol–water partition coefficient (Wildman–Crippen LogP) is 2.21. The maximum Gasteiger partial charge on any atom is 0.254 e. The molecule has 2 unspecified atom stereocenters. The zero-order valence-electron chi connectivity index (χ0n) is 12.3. The fraction of sp³-hybridized carbons (Fsp3) is 0.471. The van der Waals surface area contributed by atoms with E-state index in [1.807, 2.05) is 30.0 Å². The average Bonchev–Trinajstić information content (AvgIpc) is 2.76. The normalized spacial score (nSPS) is 21.5. The molecule has 1 aliphatic rings. The Bertz CT molecular complexity index is 568. The van der Waals surface area contributed by atoms with Gasteiger partial charge in [0.05, 0.1) is 0 Å². The number of aliphatic hydroxyl groups excluding tert-OH is 1. The first kappa shape index (κ1) is 14.6. The smallest absolute Gasteiger partial charge is 0.254 e. The molecule has 1 fully saturated rings. The van der Waals surface area contributed by atoms with Crippen LogP contribution in [0, 0.1) is 24.7 Å². The van der Waals surface area contributed by atoms with Gasteiger partial charge in [-0.25, -0.2) is 0 Å². The zero-order chi connectivity index (χ0) is 14.7. The number of hydrogen-bond acceptors (Lipinski definition) is 2. The molecule has 1 aliphatic heterocycles. The second-order valence-electron chi connectivity index (χ2n) is 5.59. The van der Waals surface area contributed by atoms with Gasteiger partial charge < -0.3 is 10.0 Å². The molecule has 2 rings (SSSR count). The van der Waals surface area contributed by atoms with Crippen molar-refractivity contribution < 1.29 is 9.90 Å². The summed E-state index contributed by atoms with van der Waals surface area (Å²) in [6.07, 6.45) is 1.06. The quantitative estimate of drug-likeness (QED) is 0.796. The van der Waals surface area contributed by atoms with Gasteiger partial charge in [-0.05, 0) is 43.9 Å². The van der Waals surface area contributed by atoms with Gasteiger partial charge in [0.25, 0.3) is 5.91 Å². The van der Waals surface area contributed by atoms with Gasteiger partial charge in [-0.15, -0.1) is 0 Å². The van der Waals surface area contributed by atoms with Crippen LogP contribution < -0.4 is 0 Å². The van der Waals surface area contributed by atoms with E-state index in [1.165, 1.54) is 0 Å². The van der Waals surface area contributed by atoms with E-state index in [0.717, 1.165) is 29.7 Å². The summed E-state index contributed by atoms with van der Waals surface area (Å²) in [5, 5.41) is 8.78. The number of amides is 1. The van der Waals surface area contributed by atoms with Crippen LogP contribution in [0.15, 0.2) is 18.2 Å². The molecule has 1 heterocycles. The van der Waals surface area contributed by atoms with E-state index in [1.54, 1.807) is 0 Å². The van der Waals surface area contributed by atoms with E-state index in [9.17, 15) is 4.79 Å². The van der Waals surface area contributed by atoms with Crippen LogP contribution in [-0.2, 0) is 0 Å². The van der Waals surface area contributed by atoms with Gasteiger partial charge in [-0.3, -0.25) is 4.79 Å². The van der Waals surface area contributed by atoms with Crippen LogP contribution in [0.2, 0.25) is 0 Å². The summed E-state index contributed by atoms with van der Waals surface area (Å²) in [5.74, 6) is 6.19. The number of rotatable bonds is 1. The highest BCUT2D eigenvalue weighted by Crippen LogP contribution is 2.25. The maximum atomic E-state index is 12.7. The molecule has 0 aliphatic carbocycles. The van der Waals surface area contributed by atoms with Crippen LogP contribution in [0.4, 0.5) is 0 Å². The van der Waals surface area contributed by atoms with E-state index < -0.39 is 0 Å². The third-order valence-corrected chi connectivity index (χ3v) is 3.91. The summed E-state index contributed by atoms with van der Waals surface area (Å²) in [6.45, 7) is 6.86. The molecule has 1 N–H and O–H groups in total. The van der Waals surface area contributed by atoms with Crippen LogP contribution in [0.25, 0.3) is 0 Å². The van der Waals surface area contributed by atoms with Gasteiger partial charge in [0.15, 0.2) is 0 Å². The summed E-state index contributed by atoms with van der Waals surface area (Å²) >= 11 is 0. The van der Waals surface area contributed by atoms with Crippen LogP contribution in [-0.4, -0.2) is 35.1 Å². The predicted molar refractivity (Wildman–Crippen MR) is 79.4 cm³/mol. The van der Waals surface area contributed by atoms with Crippen molar-refractivity contribution in [3.8, 4) is 11.8 Å². The molecule has 20 heavy (non-hydrogen) atoms. The molecule has 3 nitrogen and oxygen atoms in total. The molecule has 0 bridgehead atoms. The SMILES string of the molecule is Cc1c(C#CCO)cccc1C(=O)N1CC(C)CC1C. The minimum Gasteiger partial charge on any atom is -0.384 e. The summed E-state index contributed by atoms with van der Waals surface area (Å²) in [6, 6.07) is 5.89. The van der Waals surface area contributed by atoms with Crippen LogP contribution in [0.1, 0.15) is 41.8 Å². The van der Waals surface area contributed by atoms with Gasteiger partial charge in [-0.1, -0.05) is 24.8 Å². The van der Waals surface area contributed by atoms with E-state index in [0.29, 0.717) is 12.0 Å². The second kappa shape index (κ2) is 6.11. The Hall–Kier alpha value is -1.79. The third kappa shape index (κ3) is 2.86. The molecule has 2 atom stereocenters. The van der Waals surface area contributed by atoms with Gasteiger partial charge in [0, 0.05) is 23.7 Å². The van der Waals surface area contributed by atoms with Crippen molar-refractivity contribution in [2.24, 2.45) is 5.92 Å². The fourth-order valence-electron chi connectivity index (χ4n) is 2.88. The third-order valence-electron chi connectivity index (χ3n) is 3.91. The van der Waals surface area contributed by atoms with Gasteiger partial charge >= 0.3 is 0 Å². The molecule has 0 radical (unpaired) electrons. The lowest BCUT2D eigenvalue weighted by atomic mass is 10.0. The highest BCUT2D eigenvalue weighted by Gasteiger charge is 2.31. The van der Waals surface area contributed by atoms with E-state index in [-0.39, 0.29) is 12.5 Å². The highest BCUT2D eigenvalue weighted by atomic mass is 16.2. The Balaban J connectivity index is 2.31. The second-order valence-corrected chi connectivity index (χ2v) is 5.59. The molecule has 1 aromatic carbocycles. The lowest BCUT2D eigenvalue weighted by molar-refractivity contribution is 0.0743. The van der Waals surface area contributed by atoms with Gasteiger partial charge in [0.2, 0.25) is 0 Å². The first-order valence-corrected chi connectivity index (χ1v) is 7.05. The number of carbonyl (C=O) groups excluding carboxylic acids is 1. The van der Waals surface area contributed by atoms with Crippen molar-refractivity contribution >= 4 is 5.91 Å². The summed E-state index contributed by atoms with van der Waals surface area (Å²) in [5.41, 5.74) is 2.42. The molecule has 1 saturated heterocycles. The first-order chi connectivity index (χ1) is 9.54. The zero-order valence-corrected chi connectivity index (χ0v) is 12.3. The largest absolute Gasteiger partial charge is 0.384 e. The minimum atomic E-state index is -0.168. The molecule has 1 amide bonds. The molecule has 0 aromatic heterocycles.